The lowest BCUT2D eigenvalue weighted by atomic mass is 10.2. The van der Waals surface area contributed by atoms with E-state index in [2.05, 4.69) is 35.2 Å². The molecule has 13 heteroatoms. The van der Waals surface area contributed by atoms with Crippen LogP contribution in [-0.2, 0) is 14.8 Å². The van der Waals surface area contributed by atoms with Gasteiger partial charge in [-0.05, 0) is 30.3 Å². The number of aromatic nitrogens is 5. The molecule has 5 rings (SSSR count). The molecule has 5 aromatic rings. The Hall–Kier alpha value is -3.55. The molecule has 0 spiro atoms. The van der Waals surface area contributed by atoms with Gasteiger partial charge in [0.15, 0.2) is 10.8 Å². The molecule has 3 N–H and O–H groups in total. The van der Waals surface area contributed by atoms with Gasteiger partial charge in [0.1, 0.15) is 5.52 Å². The number of carbonyl (C=O) groups excluding carboxylic acids is 1. The highest BCUT2D eigenvalue weighted by Crippen LogP contribution is 2.24. The minimum Gasteiger partial charge on any atom is -0.338 e. The number of fused-ring (bicyclic) bond motifs is 3. The third kappa shape index (κ3) is 4.65. The van der Waals surface area contributed by atoms with Gasteiger partial charge in [-0.25, -0.2) is 18.4 Å². The largest absolute Gasteiger partial charge is 0.338 e. The van der Waals surface area contributed by atoms with Gasteiger partial charge in [0.05, 0.1) is 10.6 Å². The Morgan fingerprint density at radius 3 is 2.70 bits per heavy atom. The number of hydrogen-bond donors (Lipinski definition) is 3. The molecule has 3 aromatic heterocycles. The maximum atomic E-state index is 12.4. The molecule has 1 amide bonds. The number of thiazole rings is 1. The Morgan fingerprint density at radius 1 is 1.09 bits per heavy atom. The summed E-state index contributed by atoms with van der Waals surface area (Å²) in [6.07, 6.45) is 1.51. The topological polar surface area (TPSA) is 143 Å². The first kappa shape index (κ1) is 21.3. The van der Waals surface area contributed by atoms with E-state index in [4.69, 9.17) is 0 Å². The van der Waals surface area contributed by atoms with E-state index in [0.717, 1.165) is 22.7 Å². The van der Waals surface area contributed by atoms with Crippen molar-refractivity contribution in [2.24, 2.45) is 0 Å². The zero-order valence-corrected chi connectivity index (χ0v) is 19.2. The maximum Gasteiger partial charge on any atom is 0.263 e. The Bertz CT molecular complexity index is 1550. The lowest BCUT2D eigenvalue weighted by Crippen LogP contribution is -2.15. The first-order valence-electron chi connectivity index (χ1n) is 9.54. The fraction of sp³-hybridized carbons (Fsp3) is 0.0500. The SMILES string of the molecule is O=C(CSc1nnc2c(n1)[nH]c1ccccc12)Nc1ccc(S(=O)(=O)Nc2nccs2)cc1. The number of hydrogen-bond acceptors (Lipinski definition) is 9. The van der Waals surface area contributed by atoms with Gasteiger partial charge in [-0.15, -0.1) is 21.5 Å². The summed E-state index contributed by atoms with van der Waals surface area (Å²) in [6, 6.07) is 13.6. The molecule has 166 valence electrons. The van der Waals surface area contributed by atoms with E-state index in [0.29, 0.717) is 22.0 Å². The number of benzene rings is 2. The van der Waals surface area contributed by atoms with Crippen molar-refractivity contribution in [3.05, 3.63) is 60.1 Å². The number of sulfonamides is 1. The molecular weight excluding hydrogens is 482 g/mol. The van der Waals surface area contributed by atoms with Crippen LogP contribution in [0.15, 0.2) is 70.2 Å². The molecule has 0 bridgehead atoms. The fourth-order valence-electron chi connectivity index (χ4n) is 3.06. The molecule has 0 saturated carbocycles. The first-order valence-corrected chi connectivity index (χ1v) is 12.9. The van der Waals surface area contributed by atoms with E-state index in [1.54, 1.807) is 5.38 Å². The van der Waals surface area contributed by atoms with E-state index in [1.807, 2.05) is 24.3 Å². The number of rotatable bonds is 7. The minimum atomic E-state index is -3.75. The number of H-pyrrole nitrogens is 1. The minimum absolute atomic E-state index is 0.0659. The number of para-hydroxylation sites is 1. The van der Waals surface area contributed by atoms with Crippen molar-refractivity contribution in [1.82, 2.24) is 25.1 Å². The molecule has 0 atom stereocenters. The van der Waals surface area contributed by atoms with Gasteiger partial charge in [0, 0.05) is 28.2 Å². The summed E-state index contributed by atoms with van der Waals surface area (Å²) in [5.41, 5.74) is 2.68. The van der Waals surface area contributed by atoms with Gasteiger partial charge >= 0.3 is 0 Å². The molecule has 33 heavy (non-hydrogen) atoms. The highest BCUT2D eigenvalue weighted by atomic mass is 32.2. The van der Waals surface area contributed by atoms with Gasteiger partial charge in [-0.1, -0.05) is 30.0 Å². The standard InChI is InChI=1S/C20H15N7O3S3/c28-16(11-32-20-24-18-17(25-26-20)14-3-1-2-4-15(14)23-18)22-12-5-7-13(8-6-12)33(29,30)27-19-21-9-10-31-19/h1-10H,11H2,(H,21,27)(H,22,28)(H,23,24,26). The predicted octanol–water partition coefficient (Wildman–Crippen LogP) is 3.49. The van der Waals surface area contributed by atoms with Crippen LogP contribution in [0.25, 0.3) is 22.1 Å². The van der Waals surface area contributed by atoms with Crippen LogP contribution in [0.1, 0.15) is 0 Å². The summed E-state index contributed by atoms with van der Waals surface area (Å²) in [4.78, 5) is 23.9. The molecular formula is C20H15N7O3S3. The van der Waals surface area contributed by atoms with Crippen LogP contribution < -0.4 is 10.0 Å². The smallest absolute Gasteiger partial charge is 0.263 e. The zero-order chi connectivity index (χ0) is 22.8. The summed E-state index contributed by atoms with van der Waals surface area (Å²) in [7, 11) is -3.75. The van der Waals surface area contributed by atoms with Crippen LogP contribution in [-0.4, -0.2) is 45.2 Å². The number of amides is 1. The molecule has 3 heterocycles. The number of anilines is 2. The number of aromatic amines is 1. The van der Waals surface area contributed by atoms with Gasteiger partial charge in [-0.3, -0.25) is 9.52 Å². The molecule has 0 unspecified atom stereocenters. The van der Waals surface area contributed by atoms with Gasteiger partial charge < -0.3 is 10.3 Å². The quantitative estimate of drug-likeness (QED) is 0.290. The summed E-state index contributed by atoms with van der Waals surface area (Å²) >= 11 is 2.34. The van der Waals surface area contributed by atoms with Gasteiger partial charge in [0.25, 0.3) is 10.0 Å². The third-order valence-electron chi connectivity index (χ3n) is 4.54. The van der Waals surface area contributed by atoms with Crippen LogP contribution in [0.2, 0.25) is 0 Å². The molecule has 0 aliphatic rings. The van der Waals surface area contributed by atoms with E-state index in [9.17, 15) is 13.2 Å². The van der Waals surface area contributed by atoms with Crippen molar-refractivity contribution < 1.29 is 13.2 Å². The number of nitrogens with one attached hydrogen (secondary N) is 3. The number of thioether (sulfide) groups is 1. The van der Waals surface area contributed by atoms with Crippen molar-refractivity contribution in [2.75, 3.05) is 15.8 Å². The lowest BCUT2D eigenvalue weighted by molar-refractivity contribution is -0.113. The highest BCUT2D eigenvalue weighted by molar-refractivity contribution is 7.99. The fourth-order valence-corrected chi connectivity index (χ4v) is 5.43. The van der Waals surface area contributed by atoms with Crippen molar-refractivity contribution >= 4 is 71.9 Å². The normalized spacial score (nSPS) is 11.6. The van der Waals surface area contributed by atoms with Crippen molar-refractivity contribution in [2.45, 2.75) is 10.1 Å². The molecule has 0 saturated heterocycles. The zero-order valence-electron chi connectivity index (χ0n) is 16.7. The van der Waals surface area contributed by atoms with E-state index in [1.165, 1.54) is 41.8 Å². The predicted molar refractivity (Wildman–Crippen MR) is 128 cm³/mol. The second kappa shape index (κ2) is 8.77. The Balaban J connectivity index is 1.21. The Kier molecular flexibility index (Phi) is 5.66. The van der Waals surface area contributed by atoms with Crippen LogP contribution in [0.5, 0.6) is 0 Å². The molecule has 0 fully saturated rings. The van der Waals surface area contributed by atoms with Crippen LogP contribution >= 0.6 is 23.1 Å². The van der Waals surface area contributed by atoms with Crippen LogP contribution in [0.4, 0.5) is 10.8 Å². The second-order valence-corrected chi connectivity index (χ2v) is 10.3. The summed E-state index contributed by atoms with van der Waals surface area (Å²) in [5.74, 6) is -0.212. The average Bonchev–Trinajstić information content (AvgIpc) is 3.44. The number of carbonyl (C=O) groups is 1. The summed E-state index contributed by atoms with van der Waals surface area (Å²) in [6.45, 7) is 0. The van der Waals surface area contributed by atoms with Gasteiger partial charge in [0.2, 0.25) is 11.1 Å². The third-order valence-corrected chi connectivity index (χ3v) is 7.55. The van der Waals surface area contributed by atoms with E-state index < -0.39 is 10.0 Å². The van der Waals surface area contributed by atoms with Crippen molar-refractivity contribution in [3.8, 4) is 0 Å². The summed E-state index contributed by atoms with van der Waals surface area (Å²) < 4.78 is 27.2. The monoisotopic (exact) mass is 497 g/mol. The number of nitrogens with zero attached hydrogens (tertiary/aromatic N) is 4. The first-order chi connectivity index (χ1) is 16.0. The van der Waals surface area contributed by atoms with E-state index in [-0.39, 0.29) is 21.7 Å². The Morgan fingerprint density at radius 2 is 1.91 bits per heavy atom. The lowest BCUT2D eigenvalue weighted by Gasteiger charge is -2.07. The summed E-state index contributed by atoms with van der Waals surface area (Å²) in [5, 5.41) is 14.3. The van der Waals surface area contributed by atoms with Crippen LogP contribution in [0, 0.1) is 0 Å². The average molecular weight is 498 g/mol. The molecule has 2 aromatic carbocycles. The van der Waals surface area contributed by atoms with E-state index >= 15 is 0 Å². The van der Waals surface area contributed by atoms with Crippen molar-refractivity contribution in [3.63, 3.8) is 0 Å². The maximum absolute atomic E-state index is 12.4. The van der Waals surface area contributed by atoms with Gasteiger partial charge in [-0.2, -0.15) is 0 Å². The molecule has 0 aliphatic carbocycles. The highest BCUT2D eigenvalue weighted by Gasteiger charge is 2.16. The molecule has 10 nitrogen and oxygen atoms in total. The second-order valence-electron chi connectivity index (χ2n) is 6.77. The Labute approximate surface area is 195 Å². The molecule has 0 radical (unpaired) electrons. The van der Waals surface area contributed by atoms with Crippen molar-refractivity contribution in [1.29, 1.82) is 0 Å². The molecule has 0 aliphatic heterocycles. The van der Waals surface area contributed by atoms with Crippen LogP contribution in [0.3, 0.4) is 0 Å².